The van der Waals surface area contributed by atoms with Crippen molar-refractivity contribution in [3.63, 3.8) is 0 Å². The summed E-state index contributed by atoms with van der Waals surface area (Å²) in [5, 5.41) is 3.02. The molecule has 16 heavy (non-hydrogen) atoms. The van der Waals surface area contributed by atoms with E-state index < -0.39 is 0 Å². The van der Waals surface area contributed by atoms with Gasteiger partial charge in [0, 0.05) is 17.7 Å². The molecule has 4 heteroatoms. The Bertz CT molecular complexity index is 244. The van der Waals surface area contributed by atoms with E-state index in [1.807, 2.05) is 0 Å². The quantitative estimate of drug-likeness (QED) is 0.748. The standard InChI is InChI=1S/C12H24N2OS/c1-11(2,16-3)9-14-10(15)7-12(8-13)5-4-6-12/h4-9,13H2,1-3H3,(H,14,15). The van der Waals surface area contributed by atoms with Crippen LogP contribution >= 0.6 is 11.8 Å². The SMILES string of the molecule is CSC(C)(C)CNC(=O)CC1(CN)CCC1. The minimum Gasteiger partial charge on any atom is -0.355 e. The van der Waals surface area contributed by atoms with Crippen LogP contribution in [0.2, 0.25) is 0 Å². The van der Waals surface area contributed by atoms with Crippen LogP contribution in [0.4, 0.5) is 0 Å². The minimum absolute atomic E-state index is 0.116. The highest BCUT2D eigenvalue weighted by atomic mass is 32.2. The number of thioether (sulfide) groups is 1. The highest BCUT2D eigenvalue weighted by molar-refractivity contribution is 7.99. The van der Waals surface area contributed by atoms with Gasteiger partial charge in [0.15, 0.2) is 0 Å². The molecule has 0 aliphatic heterocycles. The Kier molecular flexibility index (Phi) is 4.68. The van der Waals surface area contributed by atoms with Gasteiger partial charge in [-0.2, -0.15) is 11.8 Å². The van der Waals surface area contributed by atoms with Gasteiger partial charge < -0.3 is 11.1 Å². The summed E-state index contributed by atoms with van der Waals surface area (Å²) >= 11 is 1.77. The van der Waals surface area contributed by atoms with Crippen molar-refractivity contribution < 1.29 is 4.79 Å². The van der Waals surface area contributed by atoms with Crippen LogP contribution in [-0.2, 0) is 4.79 Å². The molecule has 1 fully saturated rings. The van der Waals surface area contributed by atoms with E-state index in [2.05, 4.69) is 25.4 Å². The molecule has 3 nitrogen and oxygen atoms in total. The van der Waals surface area contributed by atoms with Gasteiger partial charge in [0.1, 0.15) is 0 Å². The van der Waals surface area contributed by atoms with E-state index in [1.54, 1.807) is 11.8 Å². The summed E-state index contributed by atoms with van der Waals surface area (Å²) in [5.74, 6) is 0.160. The summed E-state index contributed by atoms with van der Waals surface area (Å²) in [5.41, 5.74) is 5.86. The molecule has 1 aliphatic carbocycles. The summed E-state index contributed by atoms with van der Waals surface area (Å²) in [6.07, 6.45) is 6.12. The number of carbonyl (C=O) groups excluding carboxylic acids is 1. The number of nitrogens with one attached hydrogen (secondary N) is 1. The third kappa shape index (κ3) is 3.67. The number of rotatable bonds is 6. The van der Waals surface area contributed by atoms with Gasteiger partial charge in [0.2, 0.25) is 5.91 Å². The van der Waals surface area contributed by atoms with E-state index in [0.717, 1.165) is 19.4 Å². The zero-order valence-corrected chi connectivity index (χ0v) is 11.5. The zero-order valence-electron chi connectivity index (χ0n) is 10.6. The van der Waals surface area contributed by atoms with Crippen LogP contribution in [0.15, 0.2) is 0 Å². The van der Waals surface area contributed by atoms with Gasteiger partial charge in [-0.3, -0.25) is 4.79 Å². The van der Waals surface area contributed by atoms with E-state index >= 15 is 0 Å². The molecule has 0 aromatic carbocycles. The fourth-order valence-electron chi connectivity index (χ4n) is 1.92. The zero-order chi connectivity index (χ0) is 12.2. The molecule has 0 bridgehead atoms. The molecule has 0 spiro atoms. The van der Waals surface area contributed by atoms with Crippen molar-refractivity contribution in [3.8, 4) is 0 Å². The lowest BCUT2D eigenvalue weighted by Crippen LogP contribution is -2.44. The first kappa shape index (κ1) is 13.8. The minimum atomic E-state index is 0.116. The lowest BCUT2D eigenvalue weighted by atomic mass is 9.66. The van der Waals surface area contributed by atoms with Crippen molar-refractivity contribution in [2.75, 3.05) is 19.3 Å². The van der Waals surface area contributed by atoms with Gasteiger partial charge in [0.25, 0.3) is 0 Å². The fraction of sp³-hybridized carbons (Fsp3) is 0.917. The summed E-state index contributed by atoms with van der Waals surface area (Å²) in [6, 6.07) is 0. The first-order valence-electron chi connectivity index (χ1n) is 5.95. The number of hydrogen-bond acceptors (Lipinski definition) is 3. The van der Waals surface area contributed by atoms with Crippen LogP contribution < -0.4 is 11.1 Å². The van der Waals surface area contributed by atoms with E-state index in [4.69, 9.17) is 5.73 Å². The number of nitrogens with two attached hydrogens (primary N) is 1. The molecule has 0 radical (unpaired) electrons. The summed E-state index contributed by atoms with van der Waals surface area (Å²) in [6.45, 7) is 5.65. The molecule has 0 saturated heterocycles. The summed E-state index contributed by atoms with van der Waals surface area (Å²) < 4.78 is 0.116. The smallest absolute Gasteiger partial charge is 0.220 e. The topological polar surface area (TPSA) is 55.1 Å². The van der Waals surface area contributed by atoms with Crippen LogP contribution in [0, 0.1) is 5.41 Å². The van der Waals surface area contributed by atoms with Gasteiger partial charge in [-0.25, -0.2) is 0 Å². The molecule has 1 saturated carbocycles. The molecule has 1 rings (SSSR count). The molecule has 1 amide bonds. The molecule has 0 unspecified atom stereocenters. The van der Waals surface area contributed by atoms with E-state index in [9.17, 15) is 4.79 Å². The largest absolute Gasteiger partial charge is 0.355 e. The van der Waals surface area contributed by atoms with Crippen molar-refractivity contribution in [2.45, 2.75) is 44.3 Å². The number of amides is 1. The van der Waals surface area contributed by atoms with E-state index in [1.165, 1.54) is 6.42 Å². The van der Waals surface area contributed by atoms with Crippen molar-refractivity contribution >= 4 is 17.7 Å². The van der Waals surface area contributed by atoms with Gasteiger partial charge in [-0.15, -0.1) is 0 Å². The Morgan fingerprint density at radius 1 is 1.50 bits per heavy atom. The molecular formula is C12H24N2OS. The predicted molar refractivity (Wildman–Crippen MR) is 70.6 cm³/mol. The van der Waals surface area contributed by atoms with Gasteiger partial charge in [-0.1, -0.05) is 6.42 Å². The van der Waals surface area contributed by atoms with E-state index in [-0.39, 0.29) is 16.1 Å². The number of hydrogen-bond donors (Lipinski definition) is 2. The summed E-state index contributed by atoms with van der Waals surface area (Å²) in [7, 11) is 0. The second kappa shape index (κ2) is 5.41. The normalized spacial score (nSPS) is 19.0. The Labute approximate surface area is 103 Å². The van der Waals surface area contributed by atoms with Crippen LogP contribution in [0.1, 0.15) is 39.5 Å². The monoisotopic (exact) mass is 244 g/mol. The van der Waals surface area contributed by atoms with Crippen molar-refractivity contribution in [3.05, 3.63) is 0 Å². The van der Waals surface area contributed by atoms with Crippen LogP contribution in [0.25, 0.3) is 0 Å². The fourth-order valence-corrected chi connectivity index (χ4v) is 2.13. The molecule has 0 heterocycles. The third-order valence-corrected chi connectivity index (χ3v) is 4.90. The van der Waals surface area contributed by atoms with E-state index in [0.29, 0.717) is 13.0 Å². The second-order valence-electron chi connectivity index (χ2n) is 5.48. The molecular weight excluding hydrogens is 220 g/mol. The average molecular weight is 244 g/mol. The highest BCUT2D eigenvalue weighted by Crippen LogP contribution is 2.42. The van der Waals surface area contributed by atoms with Crippen molar-refractivity contribution in [2.24, 2.45) is 11.1 Å². The highest BCUT2D eigenvalue weighted by Gasteiger charge is 2.37. The lowest BCUT2D eigenvalue weighted by molar-refractivity contribution is -0.124. The molecule has 0 atom stereocenters. The van der Waals surface area contributed by atoms with Gasteiger partial charge in [-0.05, 0) is 44.9 Å². The molecule has 94 valence electrons. The molecule has 1 aliphatic rings. The Morgan fingerprint density at radius 3 is 2.50 bits per heavy atom. The first-order valence-corrected chi connectivity index (χ1v) is 7.17. The van der Waals surface area contributed by atoms with Crippen LogP contribution in [-0.4, -0.2) is 30.0 Å². The van der Waals surface area contributed by atoms with Crippen LogP contribution in [0.5, 0.6) is 0 Å². The average Bonchev–Trinajstić information content (AvgIpc) is 2.21. The second-order valence-corrected chi connectivity index (χ2v) is 6.99. The predicted octanol–water partition coefficient (Wildman–Crippen LogP) is 1.76. The Morgan fingerprint density at radius 2 is 2.12 bits per heavy atom. The number of carbonyl (C=O) groups is 1. The maximum Gasteiger partial charge on any atom is 0.220 e. The van der Waals surface area contributed by atoms with Crippen molar-refractivity contribution in [1.29, 1.82) is 0 Å². The Hall–Kier alpha value is -0.220. The van der Waals surface area contributed by atoms with Gasteiger partial charge >= 0.3 is 0 Å². The first-order chi connectivity index (χ1) is 7.43. The van der Waals surface area contributed by atoms with Crippen molar-refractivity contribution in [1.82, 2.24) is 5.32 Å². The maximum absolute atomic E-state index is 11.8. The maximum atomic E-state index is 11.8. The molecule has 0 aromatic rings. The molecule has 0 aromatic heterocycles. The summed E-state index contributed by atoms with van der Waals surface area (Å²) in [4.78, 5) is 11.8. The Balaban J connectivity index is 2.31. The van der Waals surface area contributed by atoms with Crippen LogP contribution in [0.3, 0.4) is 0 Å². The lowest BCUT2D eigenvalue weighted by Gasteiger charge is -2.40. The molecule has 3 N–H and O–H groups in total. The third-order valence-electron chi connectivity index (χ3n) is 3.65. The van der Waals surface area contributed by atoms with Gasteiger partial charge in [0.05, 0.1) is 0 Å².